The van der Waals surface area contributed by atoms with Crippen molar-refractivity contribution in [1.82, 2.24) is 14.8 Å². The van der Waals surface area contributed by atoms with Gasteiger partial charge in [-0.15, -0.1) is 0 Å². The Bertz CT molecular complexity index is 658. The third-order valence-electron chi connectivity index (χ3n) is 3.74. The van der Waals surface area contributed by atoms with Crippen LogP contribution in [0.5, 0.6) is 0 Å². The third-order valence-corrected chi connectivity index (χ3v) is 4.57. The number of nitrogens with two attached hydrogens (primary N) is 1. The summed E-state index contributed by atoms with van der Waals surface area (Å²) in [6.45, 7) is 5.41. The summed E-state index contributed by atoms with van der Waals surface area (Å²) in [6, 6.07) is 3.83. The number of fused-ring (bicyclic) bond motifs is 1. The van der Waals surface area contributed by atoms with Gasteiger partial charge in [-0.3, -0.25) is 4.79 Å². The maximum absolute atomic E-state index is 12.6. The van der Waals surface area contributed by atoms with E-state index in [-0.39, 0.29) is 5.91 Å². The van der Waals surface area contributed by atoms with Gasteiger partial charge in [-0.2, -0.15) is 0 Å². The van der Waals surface area contributed by atoms with E-state index in [9.17, 15) is 4.79 Å². The molecule has 0 atom stereocenters. The first-order valence-corrected chi connectivity index (χ1v) is 7.51. The van der Waals surface area contributed by atoms with Gasteiger partial charge in [0, 0.05) is 31.7 Å². The van der Waals surface area contributed by atoms with Crippen molar-refractivity contribution in [1.29, 1.82) is 0 Å². The third kappa shape index (κ3) is 2.36. The molecule has 0 saturated carbocycles. The predicted octanol–water partition coefficient (Wildman–Crippen LogP) is 1.57. The van der Waals surface area contributed by atoms with Crippen LogP contribution in [0.25, 0.3) is 10.2 Å². The van der Waals surface area contributed by atoms with Crippen molar-refractivity contribution in [3.63, 3.8) is 0 Å². The highest BCUT2D eigenvalue weighted by Gasteiger charge is 2.21. The predicted molar refractivity (Wildman–Crippen MR) is 82.2 cm³/mol. The smallest absolute Gasteiger partial charge is 0.254 e. The number of carbonyl (C=O) groups excluding carboxylic acids is 1. The number of hydrogen-bond acceptors (Lipinski definition) is 5. The minimum Gasteiger partial charge on any atom is -0.375 e. The topological polar surface area (TPSA) is 62.5 Å². The van der Waals surface area contributed by atoms with E-state index < -0.39 is 0 Å². The molecule has 6 heteroatoms. The zero-order chi connectivity index (χ0) is 14.3. The number of nitrogens with zero attached hydrogens (tertiary/aromatic N) is 3. The van der Waals surface area contributed by atoms with Crippen molar-refractivity contribution in [2.45, 2.75) is 6.92 Å². The molecule has 0 bridgehead atoms. The van der Waals surface area contributed by atoms with Crippen LogP contribution >= 0.6 is 11.3 Å². The van der Waals surface area contributed by atoms with Crippen molar-refractivity contribution >= 4 is 32.6 Å². The van der Waals surface area contributed by atoms with Gasteiger partial charge in [-0.05, 0) is 31.7 Å². The van der Waals surface area contributed by atoms with E-state index in [1.807, 2.05) is 24.0 Å². The van der Waals surface area contributed by atoms with Crippen LogP contribution in [-0.4, -0.2) is 53.9 Å². The second-order valence-electron chi connectivity index (χ2n) is 5.29. The van der Waals surface area contributed by atoms with Crippen molar-refractivity contribution in [2.24, 2.45) is 0 Å². The van der Waals surface area contributed by atoms with Crippen LogP contribution < -0.4 is 5.73 Å². The van der Waals surface area contributed by atoms with E-state index in [0.29, 0.717) is 5.13 Å². The first-order valence-electron chi connectivity index (χ1n) is 6.69. The minimum atomic E-state index is 0.107. The second kappa shape index (κ2) is 5.03. The number of rotatable bonds is 1. The number of hydrogen-bond donors (Lipinski definition) is 1. The number of carbonyl (C=O) groups is 1. The summed E-state index contributed by atoms with van der Waals surface area (Å²) in [7, 11) is 2.08. The van der Waals surface area contributed by atoms with E-state index >= 15 is 0 Å². The molecular formula is C14H18N4OS. The minimum absolute atomic E-state index is 0.107. The number of anilines is 1. The number of aromatic nitrogens is 1. The summed E-state index contributed by atoms with van der Waals surface area (Å²) in [5, 5.41) is 0.548. The Labute approximate surface area is 122 Å². The van der Waals surface area contributed by atoms with Crippen LogP contribution in [0, 0.1) is 6.92 Å². The van der Waals surface area contributed by atoms with Crippen molar-refractivity contribution < 1.29 is 4.79 Å². The molecule has 5 nitrogen and oxygen atoms in total. The molecular weight excluding hydrogens is 272 g/mol. The summed E-state index contributed by atoms with van der Waals surface area (Å²) < 4.78 is 0.986. The fourth-order valence-electron chi connectivity index (χ4n) is 2.53. The lowest BCUT2D eigenvalue weighted by molar-refractivity contribution is 0.0664. The van der Waals surface area contributed by atoms with Crippen LogP contribution in [0.4, 0.5) is 5.13 Å². The highest BCUT2D eigenvalue weighted by atomic mass is 32.1. The molecule has 1 amide bonds. The Balaban J connectivity index is 1.91. The second-order valence-corrected chi connectivity index (χ2v) is 6.35. The normalized spacial score (nSPS) is 16.8. The Hall–Kier alpha value is -1.66. The lowest BCUT2D eigenvalue weighted by Crippen LogP contribution is -2.47. The SMILES string of the molecule is Cc1cc(C(=O)N2CCN(C)CC2)cc2sc(N)nc12. The van der Waals surface area contributed by atoms with E-state index in [1.54, 1.807) is 0 Å². The zero-order valence-electron chi connectivity index (χ0n) is 11.7. The van der Waals surface area contributed by atoms with Gasteiger partial charge in [0.05, 0.1) is 10.2 Å². The van der Waals surface area contributed by atoms with Gasteiger partial charge < -0.3 is 15.5 Å². The van der Waals surface area contributed by atoms with Gasteiger partial charge in [-0.25, -0.2) is 4.98 Å². The van der Waals surface area contributed by atoms with Crippen LogP contribution in [0.1, 0.15) is 15.9 Å². The number of nitrogen functional groups attached to an aromatic ring is 1. The quantitative estimate of drug-likeness (QED) is 0.866. The van der Waals surface area contributed by atoms with E-state index in [4.69, 9.17) is 5.73 Å². The van der Waals surface area contributed by atoms with Crippen LogP contribution in [0.2, 0.25) is 0 Å². The average molecular weight is 290 g/mol. The van der Waals surface area contributed by atoms with Crippen LogP contribution in [0.15, 0.2) is 12.1 Å². The molecule has 2 aromatic rings. The molecule has 1 aliphatic heterocycles. The molecule has 2 heterocycles. The molecule has 1 aliphatic rings. The molecule has 0 unspecified atom stereocenters. The maximum atomic E-state index is 12.6. The summed E-state index contributed by atoms with van der Waals surface area (Å²) in [5.41, 5.74) is 8.40. The lowest BCUT2D eigenvalue weighted by Gasteiger charge is -2.32. The number of benzene rings is 1. The first kappa shape index (κ1) is 13.3. The van der Waals surface area contributed by atoms with Gasteiger partial charge in [0.2, 0.25) is 0 Å². The van der Waals surface area contributed by atoms with E-state index in [1.165, 1.54) is 11.3 Å². The Morgan fingerprint density at radius 1 is 1.30 bits per heavy atom. The number of amides is 1. The van der Waals surface area contributed by atoms with Gasteiger partial charge in [0.1, 0.15) is 0 Å². The number of likely N-dealkylation sites (N-methyl/N-ethyl adjacent to an activating group) is 1. The molecule has 2 N–H and O–H groups in total. The Morgan fingerprint density at radius 2 is 2.00 bits per heavy atom. The van der Waals surface area contributed by atoms with Crippen LogP contribution in [0.3, 0.4) is 0 Å². The van der Waals surface area contributed by atoms with Crippen molar-refractivity contribution in [2.75, 3.05) is 39.0 Å². The fraction of sp³-hybridized carbons (Fsp3) is 0.429. The average Bonchev–Trinajstić information content (AvgIpc) is 2.80. The standard InChI is InChI=1S/C14H18N4OS/c1-9-7-10(8-11-12(9)16-14(15)20-11)13(19)18-5-3-17(2)4-6-18/h7-8H,3-6H2,1-2H3,(H2,15,16). The largest absolute Gasteiger partial charge is 0.375 e. The molecule has 1 fully saturated rings. The first-order chi connectivity index (χ1) is 9.54. The molecule has 1 saturated heterocycles. The van der Waals surface area contributed by atoms with Crippen molar-refractivity contribution in [3.8, 4) is 0 Å². The highest BCUT2D eigenvalue weighted by Crippen LogP contribution is 2.28. The monoisotopic (exact) mass is 290 g/mol. The van der Waals surface area contributed by atoms with Gasteiger partial charge in [0.15, 0.2) is 5.13 Å². The van der Waals surface area contributed by atoms with Gasteiger partial charge >= 0.3 is 0 Å². The van der Waals surface area contributed by atoms with Gasteiger partial charge in [0.25, 0.3) is 5.91 Å². The lowest BCUT2D eigenvalue weighted by atomic mass is 10.1. The highest BCUT2D eigenvalue weighted by molar-refractivity contribution is 7.22. The molecule has 0 spiro atoms. The molecule has 20 heavy (non-hydrogen) atoms. The maximum Gasteiger partial charge on any atom is 0.254 e. The number of aryl methyl sites for hydroxylation is 1. The van der Waals surface area contributed by atoms with Gasteiger partial charge in [-0.1, -0.05) is 11.3 Å². The Kier molecular flexibility index (Phi) is 3.35. The van der Waals surface area contributed by atoms with Crippen molar-refractivity contribution in [3.05, 3.63) is 23.3 Å². The molecule has 106 valence electrons. The fourth-order valence-corrected chi connectivity index (χ4v) is 3.38. The molecule has 0 radical (unpaired) electrons. The van der Waals surface area contributed by atoms with E-state index in [0.717, 1.165) is 47.5 Å². The summed E-state index contributed by atoms with van der Waals surface area (Å²) >= 11 is 1.43. The van der Waals surface area contributed by atoms with E-state index in [2.05, 4.69) is 16.9 Å². The number of piperazine rings is 1. The Morgan fingerprint density at radius 3 is 2.70 bits per heavy atom. The zero-order valence-corrected chi connectivity index (χ0v) is 12.5. The summed E-state index contributed by atoms with van der Waals surface area (Å²) in [5.74, 6) is 0.107. The summed E-state index contributed by atoms with van der Waals surface area (Å²) in [6.07, 6.45) is 0. The number of thiazole rings is 1. The molecule has 1 aromatic carbocycles. The molecule has 0 aliphatic carbocycles. The molecule has 3 rings (SSSR count). The summed E-state index contributed by atoms with van der Waals surface area (Å²) in [4.78, 5) is 21.0. The van der Waals surface area contributed by atoms with Crippen LogP contribution in [-0.2, 0) is 0 Å². The molecule has 1 aromatic heterocycles.